The van der Waals surface area contributed by atoms with E-state index in [1.165, 1.54) is 34.3 Å². The molecule has 39 heavy (non-hydrogen) atoms. The molecule has 4 rings (SSSR count). The molecular weight excluding hydrogens is 502 g/mol. The van der Waals surface area contributed by atoms with E-state index in [1.807, 2.05) is 0 Å². The molecule has 0 radical (unpaired) electrons. The number of hydrogen-bond acceptors (Lipinski definition) is 6. The Hall–Kier alpha value is -3.24. The minimum absolute atomic E-state index is 0.000600. The number of aliphatic hydroxyl groups is 1. The molecule has 1 fully saturated rings. The molecule has 0 bridgehead atoms. The van der Waals surface area contributed by atoms with Gasteiger partial charge >= 0.3 is 0 Å². The number of carbonyl (C=O) groups is 1. The van der Waals surface area contributed by atoms with Gasteiger partial charge in [-0.2, -0.15) is 0 Å². The summed E-state index contributed by atoms with van der Waals surface area (Å²) < 4.78 is 29.1. The molecule has 1 heterocycles. The molecule has 0 aliphatic heterocycles. The molecule has 3 N–H and O–H groups in total. The first-order valence-corrected chi connectivity index (χ1v) is 13.5. The molecule has 1 aromatic heterocycles. The van der Waals surface area contributed by atoms with Gasteiger partial charge in [-0.05, 0) is 63.9 Å². The first kappa shape index (κ1) is 28.8. The number of nitrogens with one attached hydrogen (secondary N) is 2. The lowest BCUT2D eigenvalue weighted by Crippen LogP contribution is -2.53. The Balaban J connectivity index is 1.54. The monoisotopic (exact) mass is 540 g/mol. The second-order valence-electron chi connectivity index (χ2n) is 11.6. The van der Waals surface area contributed by atoms with Gasteiger partial charge in [0.2, 0.25) is 5.91 Å². The maximum atomic E-state index is 13.9. The Bertz CT molecular complexity index is 1220. The highest BCUT2D eigenvalue weighted by atomic mass is 19.1. The first-order valence-electron chi connectivity index (χ1n) is 13.5. The van der Waals surface area contributed by atoms with Crippen molar-refractivity contribution < 1.29 is 18.7 Å². The van der Waals surface area contributed by atoms with Crippen LogP contribution in [0.4, 0.5) is 8.78 Å². The van der Waals surface area contributed by atoms with Gasteiger partial charge in [0, 0.05) is 18.2 Å². The number of amides is 1. The average Bonchev–Trinajstić information content (AvgIpc) is 3.39. The van der Waals surface area contributed by atoms with Gasteiger partial charge in [0.15, 0.2) is 0 Å². The fourth-order valence-corrected chi connectivity index (χ4v) is 5.37. The van der Waals surface area contributed by atoms with Crippen LogP contribution in [0.5, 0.6) is 0 Å². The SMILES string of the molecule is CC(C)(C)c1cccc(C2(NCC(O)C(Cc3cc(F)cc(F)c3)NC(=O)Cn3cnnn3)CCCCC2)c1. The van der Waals surface area contributed by atoms with E-state index in [1.54, 1.807) is 0 Å². The second kappa shape index (κ2) is 12.3. The topological polar surface area (TPSA) is 105 Å². The highest BCUT2D eigenvalue weighted by Crippen LogP contribution is 2.38. The van der Waals surface area contributed by atoms with Gasteiger partial charge in [0.05, 0.1) is 12.1 Å². The number of nitrogens with zero attached hydrogens (tertiary/aromatic N) is 4. The van der Waals surface area contributed by atoms with Crippen molar-refractivity contribution in [2.45, 2.75) is 88.9 Å². The molecule has 10 heteroatoms. The van der Waals surface area contributed by atoms with E-state index < -0.39 is 29.7 Å². The van der Waals surface area contributed by atoms with Crippen LogP contribution in [0.15, 0.2) is 48.8 Å². The molecule has 2 unspecified atom stereocenters. The van der Waals surface area contributed by atoms with Crippen LogP contribution in [0, 0.1) is 11.6 Å². The van der Waals surface area contributed by atoms with Gasteiger partial charge in [-0.3, -0.25) is 4.79 Å². The molecule has 1 amide bonds. The second-order valence-corrected chi connectivity index (χ2v) is 11.6. The summed E-state index contributed by atoms with van der Waals surface area (Å²) in [6.45, 7) is 6.61. The van der Waals surface area contributed by atoms with Gasteiger partial charge in [-0.15, -0.1) is 5.10 Å². The number of rotatable bonds is 10. The fraction of sp³-hybridized carbons (Fsp3) is 0.517. The van der Waals surface area contributed by atoms with Crippen LogP contribution in [0.3, 0.4) is 0 Å². The van der Waals surface area contributed by atoms with Crippen molar-refractivity contribution >= 4 is 5.91 Å². The smallest absolute Gasteiger partial charge is 0.242 e. The number of aliphatic hydroxyl groups excluding tert-OH is 1. The van der Waals surface area contributed by atoms with E-state index in [-0.39, 0.29) is 30.5 Å². The molecule has 2 atom stereocenters. The molecule has 3 aromatic rings. The average molecular weight is 541 g/mol. The maximum Gasteiger partial charge on any atom is 0.242 e. The predicted molar refractivity (Wildman–Crippen MR) is 144 cm³/mol. The number of tetrazole rings is 1. The quantitative estimate of drug-likeness (QED) is 0.362. The Morgan fingerprint density at radius 3 is 2.46 bits per heavy atom. The van der Waals surface area contributed by atoms with Crippen LogP contribution >= 0.6 is 0 Å². The summed E-state index contributed by atoms with van der Waals surface area (Å²) in [6, 6.07) is 11.0. The van der Waals surface area contributed by atoms with E-state index in [9.17, 15) is 18.7 Å². The van der Waals surface area contributed by atoms with Crippen LogP contribution in [-0.2, 0) is 28.7 Å². The molecule has 0 spiro atoms. The third-order valence-corrected chi connectivity index (χ3v) is 7.52. The molecule has 0 saturated heterocycles. The van der Waals surface area contributed by atoms with Gasteiger partial charge in [0.1, 0.15) is 24.5 Å². The van der Waals surface area contributed by atoms with Crippen LogP contribution < -0.4 is 10.6 Å². The zero-order valence-corrected chi connectivity index (χ0v) is 22.8. The van der Waals surface area contributed by atoms with E-state index in [0.29, 0.717) is 5.56 Å². The van der Waals surface area contributed by atoms with Crippen LogP contribution in [0.2, 0.25) is 0 Å². The number of hydrogen-bond donors (Lipinski definition) is 3. The summed E-state index contributed by atoms with van der Waals surface area (Å²) in [5.74, 6) is -1.85. The van der Waals surface area contributed by atoms with Gasteiger partial charge in [-0.1, -0.05) is 64.3 Å². The minimum Gasteiger partial charge on any atom is -0.390 e. The standard InChI is InChI=1S/C29H38F2N6O2/c1-28(2,3)21-8-7-9-22(15-21)29(10-5-4-6-11-29)32-17-26(38)25(14-20-12-23(30)16-24(31)13-20)34-27(39)18-37-19-33-35-36-37/h7-9,12-13,15-16,19,25-26,32,38H,4-6,10-11,14,17-18H2,1-3H3,(H,34,39). The normalized spacial score (nSPS) is 17.0. The number of carbonyl (C=O) groups excluding carboxylic acids is 1. The fourth-order valence-electron chi connectivity index (χ4n) is 5.37. The van der Waals surface area contributed by atoms with Crippen molar-refractivity contribution in [3.05, 3.63) is 77.1 Å². The van der Waals surface area contributed by atoms with E-state index in [0.717, 1.165) is 38.2 Å². The third kappa shape index (κ3) is 7.67. The lowest BCUT2D eigenvalue weighted by Gasteiger charge is -2.41. The van der Waals surface area contributed by atoms with E-state index in [4.69, 9.17) is 0 Å². The third-order valence-electron chi connectivity index (χ3n) is 7.52. The van der Waals surface area contributed by atoms with E-state index >= 15 is 0 Å². The maximum absolute atomic E-state index is 13.9. The van der Waals surface area contributed by atoms with Crippen molar-refractivity contribution in [3.8, 4) is 0 Å². The first-order chi connectivity index (χ1) is 18.5. The highest BCUT2D eigenvalue weighted by Gasteiger charge is 2.35. The summed E-state index contributed by atoms with van der Waals surface area (Å²) in [5, 5.41) is 28.6. The van der Waals surface area contributed by atoms with Gasteiger partial charge in [-0.25, -0.2) is 13.5 Å². The van der Waals surface area contributed by atoms with Crippen molar-refractivity contribution in [1.82, 2.24) is 30.8 Å². The summed E-state index contributed by atoms with van der Waals surface area (Å²) >= 11 is 0. The predicted octanol–water partition coefficient (Wildman–Crippen LogP) is 3.79. The lowest BCUT2D eigenvalue weighted by molar-refractivity contribution is -0.123. The molecule has 1 saturated carbocycles. The minimum atomic E-state index is -1.03. The molecule has 8 nitrogen and oxygen atoms in total. The van der Waals surface area contributed by atoms with Crippen molar-refractivity contribution in [3.63, 3.8) is 0 Å². The molecule has 2 aromatic carbocycles. The number of aromatic nitrogens is 4. The zero-order chi connectivity index (χ0) is 28.0. The zero-order valence-electron chi connectivity index (χ0n) is 22.8. The van der Waals surface area contributed by atoms with Crippen LogP contribution in [0.25, 0.3) is 0 Å². The Labute approximate surface area is 228 Å². The molecular formula is C29H38F2N6O2. The molecule has 1 aliphatic carbocycles. The highest BCUT2D eigenvalue weighted by molar-refractivity contribution is 5.76. The summed E-state index contributed by atoms with van der Waals surface area (Å²) in [6.07, 6.45) is 5.48. The summed E-state index contributed by atoms with van der Waals surface area (Å²) in [4.78, 5) is 12.8. The Kier molecular flexibility index (Phi) is 9.07. The van der Waals surface area contributed by atoms with Crippen LogP contribution in [0.1, 0.15) is 69.6 Å². The van der Waals surface area contributed by atoms with Crippen LogP contribution in [-0.4, -0.2) is 49.9 Å². The van der Waals surface area contributed by atoms with Crippen molar-refractivity contribution in [2.24, 2.45) is 0 Å². The van der Waals surface area contributed by atoms with Crippen molar-refractivity contribution in [2.75, 3.05) is 6.54 Å². The molecule has 1 aliphatic rings. The molecule has 210 valence electrons. The summed E-state index contributed by atoms with van der Waals surface area (Å²) in [7, 11) is 0. The van der Waals surface area contributed by atoms with Gasteiger partial charge in [0.25, 0.3) is 0 Å². The number of halogens is 2. The Morgan fingerprint density at radius 1 is 1.10 bits per heavy atom. The van der Waals surface area contributed by atoms with E-state index in [2.05, 4.69) is 71.2 Å². The largest absolute Gasteiger partial charge is 0.390 e. The van der Waals surface area contributed by atoms with Gasteiger partial charge < -0.3 is 15.7 Å². The van der Waals surface area contributed by atoms with Crippen molar-refractivity contribution in [1.29, 1.82) is 0 Å². The summed E-state index contributed by atoms with van der Waals surface area (Å²) in [5.41, 5.74) is 2.46. The Morgan fingerprint density at radius 2 is 1.82 bits per heavy atom. The number of benzene rings is 2. The lowest BCUT2D eigenvalue weighted by atomic mass is 9.74.